The molecule has 0 unspecified atom stereocenters. The van der Waals surface area contributed by atoms with Crippen molar-refractivity contribution in [3.63, 3.8) is 0 Å². The Morgan fingerprint density at radius 3 is 2.62 bits per heavy atom. The van der Waals surface area contributed by atoms with E-state index >= 15 is 0 Å². The van der Waals surface area contributed by atoms with Gasteiger partial charge in [-0.25, -0.2) is 0 Å². The van der Waals surface area contributed by atoms with Crippen LogP contribution in [-0.2, 0) is 14.3 Å². The lowest BCUT2D eigenvalue weighted by atomic mass is 9.78. The molecule has 26 heavy (non-hydrogen) atoms. The molecule has 1 saturated carbocycles. The fourth-order valence-corrected chi connectivity index (χ4v) is 4.15. The third-order valence-electron chi connectivity index (χ3n) is 5.28. The molecule has 1 aromatic rings. The molecule has 1 aromatic heterocycles. The summed E-state index contributed by atoms with van der Waals surface area (Å²) in [5, 5.41) is 3.02. The van der Waals surface area contributed by atoms with E-state index in [-0.39, 0.29) is 30.6 Å². The van der Waals surface area contributed by atoms with E-state index in [9.17, 15) is 14.4 Å². The van der Waals surface area contributed by atoms with Gasteiger partial charge in [0.25, 0.3) is 5.91 Å². The molecule has 0 aliphatic heterocycles. The number of ketones is 1. The lowest BCUT2D eigenvalue weighted by Gasteiger charge is -2.35. The molecule has 1 fully saturated rings. The lowest BCUT2D eigenvalue weighted by molar-refractivity contribution is -0.155. The van der Waals surface area contributed by atoms with Crippen molar-refractivity contribution in [2.45, 2.75) is 71.9 Å². The molecule has 1 heterocycles. The van der Waals surface area contributed by atoms with Crippen molar-refractivity contribution in [3.8, 4) is 0 Å². The summed E-state index contributed by atoms with van der Waals surface area (Å²) < 4.78 is 5.21. The first-order valence-corrected chi connectivity index (χ1v) is 10.2. The summed E-state index contributed by atoms with van der Waals surface area (Å²) in [4.78, 5) is 38.0. The Morgan fingerprint density at radius 1 is 1.23 bits per heavy atom. The molecule has 4 atom stereocenters. The van der Waals surface area contributed by atoms with Crippen molar-refractivity contribution in [1.82, 2.24) is 5.32 Å². The van der Waals surface area contributed by atoms with Crippen LogP contribution in [0.1, 0.15) is 67.4 Å². The van der Waals surface area contributed by atoms with Crippen molar-refractivity contribution in [1.29, 1.82) is 0 Å². The molecule has 2 rings (SSSR count). The molecule has 0 aromatic carbocycles. The first kappa shape index (κ1) is 20.6. The molecule has 0 bridgehead atoms. The molecular formula is C20H29NO4S. The summed E-state index contributed by atoms with van der Waals surface area (Å²) in [6.45, 7) is 7.88. The van der Waals surface area contributed by atoms with E-state index in [1.807, 2.05) is 13.0 Å². The second kappa shape index (κ2) is 9.31. The summed E-state index contributed by atoms with van der Waals surface area (Å²) in [6, 6.07) is 3.79. The van der Waals surface area contributed by atoms with Crippen LogP contribution >= 0.6 is 11.3 Å². The zero-order valence-corrected chi connectivity index (χ0v) is 16.9. The number of nitrogens with one attached hydrogen (secondary N) is 1. The van der Waals surface area contributed by atoms with Gasteiger partial charge in [-0.15, -0.1) is 11.3 Å². The smallest absolute Gasteiger partial charge is 0.307 e. The second-order valence-electron chi connectivity index (χ2n) is 7.35. The Morgan fingerprint density at radius 2 is 1.96 bits per heavy atom. The minimum Gasteiger partial charge on any atom is -0.453 e. The van der Waals surface area contributed by atoms with Crippen LogP contribution in [0.15, 0.2) is 12.1 Å². The van der Waals surface area contributed by atoms with Gasteiger partial charge in [0.15, 0.2) is 11.9 Å². The molecular weight excluding hydrogens is 350 g/mol. The van der Waals surface area contributed by atoms with Crippen molar-refractivity contribution in [3.05, 3.63) is 21.9 Å². The molecule has 1 aliphatic rings. The molecule has 0 saturated heterocycles. The van der Waals surface area contributed by atoms with Gasteiger partial charge < -0.3 is 10.1 Å². The number of carbonyl (C=O) groups is 3. The number of hydrogen-bond acceptors (Lipinski definition) is 5. The standard InChI is InChI=1S/C20H29NO4S/c1-12-6-5-7-16(14(12)3)21-20(24)15(4)25-19(23)11-9-17(22)18-10-8-13(2)26-18/h8,10,12,14-16H,5-7,9,11H2,1-4H3,(H,21,24)/t12-,14-,15+,16+/m0/s1. The molecule has 0 radical (unpaired) electrons. The van der Waals surface area contributed by atoms with Gasteiger partial charge in [-0.3, -0.25) is 14.4 Å². The van der Waals surface area contributed by atoms with Gasteiger partial charge in [0.1, 0.15) is 0 Å². The number of esters is 1. The van der Waals surface area contributed by atoms with Crippen LogP contribution in [0.25, 0.3) is 0 Å². The minimum absolute atomic E-state index is 0.00966. The van der Waals surface area contributed by atoms with Crippen molar-refractivity contribution >= 4 is 29.0 Å². The quantitative estimate of drug-likeness (QED) is 0.576. The number of hydrogen-bond donors (Lipinski definition) is 1. The predicted octanol–water partition coefficient (Wildman–Crippen LogP) is 3.89. The summed E-state index contributed by atoms with van der Waals surface area (Å²) in [7, 11) is 0. The third-order valence-corrected chi connectivity index (χ3v) is 6.33. The van der Waals surface area contributed by atoms with Gasteiger partial charge in [0.05, 0.1) is 11.3 Å². The van der Waals surface area contributed by atoms with Crippen molar-refractivity contribution in [2.24, 2.45) is 11.8 Å². The van der Waals surface area contributed by atoms with E-state index in [2.05, 4.69) is 19.2 Å². The van der Waals surface area contributed by atoms with E-state index in [1.165, 1.54) is 17.8 Å². The van der Waals surface area contributed by atoms with E-state index < -0.39 is 12.1 Å². The summed E-state index contributed by atoms with van der Waals surface area (Å²) in [5.74, 6) is 0.160. The average molecular weight is 380 g/mol. The highest BCUT2D eigenvalue weighted by Crippen LogP contribution is 2.29. The summed E-state index contributed by atoms with van der Waals surface area (Å²) >= 11 is 1.42. The lowest BCUT2D eigenvalue weighted by Crippen LogP contribution is -2.47. The molecule has 1 amide bonds. The summed E-state index contributed by atoms with van der Waals surface area (Å²) in [5.41, 5.74) is 0. The first-order valence-electron chi connectivity index (χ1n) is 9.37. The molecule has 144 valence electrons. The largest absolute Gasteiger partial charge is 0.453 e. The fraction of sp³-hybridized carbons (Fsp3) is 0.650. The van der Waals surface area contributed by atoms with E-state index in [0.29, 0.717) is 16.7 Å². The van der Waals surface area contributed by atoms with Gasteiger partial charge in [0.2, 0.25) is 0 Å². The SMILES string of the molecule is Cc1ccc(C(=O)CCC(=O)O[C@H](C)C(=O)N[C@@H]2CCC[C@H](C)[C@@H]2C)s1. The Balaban J connectivity index is 1.75. The van der Waals surface area contributed by atoms with Gasteiger partial charge in [-0.1, -0.05) is 26.7 Å². The third kappa shape index (κ3) is 5.66. The maximum Gasteiger partial charge on any atom is 0.307 e. The van der Waals surface area contributed by atoms with Crippen LogP contribution in [0.3, 0.4) is 0 Å². The minimum atomic E-state index is -0.842. The van der Waals surface area contributed by atoms with Gasteiger partial charge in [-0.05, 0) is 44.2 Å². The number of rotatable bonds is 7. The van der Waals surface area contributed by atoms with E-state index in [4.69, 9.17) is 4.74 Å². The zero-order chi connectivity index (χ0) is 19.3. The number of Topliss-reactive ketones (excluding diaryl/α,β-unsaturated/α-hetero) is 1. The molecule has 0 spiro atoms. The number of carbonyl (C=O) groups excluding carboxylic acids is 3. The molecule has 1 aliphatic carbocycles. The highest BCUT2D eigenvalue weighted by atomic mass is 32.1. The first-order chi connectivity index (χ1) is 12.3. The van der Waals surface area contributed by atoms with Crippen LogP contribution in [0.2, 0.25) is 0 Å². The van der Waals surface area contributed by atoms with Gasteiger partial charge in [-0.2, -0.15) is 0 Å². The van der Waals surface area contributed by atoms with Crippen LogP contribution < -0.4 is 5.32 Å². The van der Waals surface area contributed by atoms with Crippen molar-refractivity contribution < 1.29 is 19.1 Å². The van der Waals surface area contributed by atoms with Gasteiger partial charge in [0, 0.05) is 17.3 Å². The highest BCUT2D eigenvalue weighted by molar-refractivity contribution is 7.14. The predicted molar refractivity (Wildman–Crippen MR) is 102 cm³/mol. The van der Waals surface area contributed by atoms with Crippen LogP contribution in [-0.4, -0.2) is 29.8 Å². The fourth-order valence-electron chi connectivity index (χ4n) is 3.32. The highest BCUT2D eigenvalue weighted by Gasteiger charge is 2.30. The number of ether oxygens (including phenoxy) is 1. The topological polar surface area (TPSA) is 72.5 Å². The van der Waals surface area contributed by atoms with Crippen LogP contribution in [0.5, 0.6) is 0 Å². The van der Waals surface area contributed by atoms with Crippen LogP contribution in [0, 0.1) is 18.8 Å². The normalized spacial score (nSPS) is 23.9. The average Bonchev–Trinajstić information content (AvgIpc) is 3.03. The Hall–Kier alpha value is -1.69. The van der Waals surface area contributed by atoms with Crippen LogP contribution in [0.4, 0.5) is 0 Å². The number of aryl methyl sites for hydroxylation is 1. The molecule has 5 nitrogen and oxygen atoms in total. The van der Waals surface area contributed by atoms with Crippen molar-refractivity contribution in [2.75, 3.05) is 0 Å². The molecule has 1 N–H and O–H groups in total. The Kier molecular flexibility index (Phi) is 7.38. The Bertz CT molecular complexity index is 654. The second-order valence-corrected chi connectivity index (χ2v) is 8.64. The van der Waals surface area contributed by atoms with E-state index in [1.54, 1.807) is 13.0 Å². The monoisotopic (exact) mass is 379 g/mol. The molecule has 6 heteroatoms. The van der Waals surface area contributed by atoms with E-state index in [0.717, 1.165) is 17.7 Å². The zero-order valence-electron chi connectivity index (χ0n) is 16.0. The van der Waals surface area contributed by atoms with Gasteiger partial charge >= 0.3 is 5.97 Å². The summed E-state index contributed by atoms with van der Waals surface area (Å²) in [6.07, 6.45) is 2.51. The number of amides is 1. The maximum atomic E-state index is 12.3. The maximum absolute atomic E-state index is 12.3. The Labute approximate surface area is 159 Å². The number of thiophene rings is 1.